The van der Waals surface area contributed by atoms with Crippen molar-refractivity contribution in [3.05, 3.63) is 192 Å². The van der Waals surface area contributed by atoms with Gasteiger partial charge in [0.2, 0.25) is 11.9 Å². The van der Waals surface area contributed by atoms with Gasteiger partial charge < -0.3 is 10.2 Å². The lowest BCUT2D eigenvalue weighted by Crippen LogP contribution is -2.53. The zero-order chi connectivity index (χ0) is 34.1. The Morgan fingerprint density at radius 3 is 1.72 bits per heavy atom. The number of anilines is 1. The van der Waals surface area contributed by atoms with Crippen molar-refractivity contribution in [1.29, 1.82) is 0 Å². The van der Waals surface area contributed by atoms with Gasteiger partial charge in [-0.05, 0) is 46.0 Å². The van der Waals surface area contributed by atoms with Crippen LogP contribution in [0.5, 0.6) is 0 Å². The number of carbonyl (C=O) groups is 1. The molecule has 1 atom stereocenters. The molecule has 1 aliphatic rings. The van der Waals surface area contributed by atoms with E-state index in [1.807, 2.05) is 66.7 Å². The number of fused-ring (bicyclic) bond motifs is 1. The molecular weight excluding hydrogens is 615 g/mol. The van der Waals surface area contributed by atoms with E-state index in [-0.39, 0.29) is 18.4 Å². The van der Waals surface area contributed by atoms with Crippen molar-refractivity contribution in [1.82, 2.24) is 15.3 Å². The van der Waals surface area contributed by atoms with Gasteiger partial charge in [0.05, 0.1) is 18.2 Å². The average molecular weight is 656 g/mol. The molecule has 0 aliphatic carbocycles. The molecule has 0 bridgehead atoms. The molecule has 0 saturated carbocycles. The van der Waals surface area contributed by atoms with Crippen LogP contribution < -0.4 is 10.2 Å². The van der Waals surface area contributed by atoms with E-state index in [9.17, 15) is 4.79 Å². The minimum absolute atomic E-state index is 0.0195. The lowest BCUT2D eigenvalue weighted by Gasteiger charge is -2.44. The van der Waals surface area contributed by atoms with Crippen LogP contribution in [0.25, 0.3) is 11.1 Å². The molecule has 1 N–H and O–H groups in total. The Morgan fingerprint density at radius 1 is 0.620 bits per heavy atom. The monoisotopic (exact) mass is 655 g/mol. The first-order valence-corrected chi connectivity index (χ1v) is 17.1. The van der Waals surface area contributed by atoms with Gasteiger partial charge in [0.1, 0.15) is 0 Å². The predicted molar refractivity (Wildman–Crippen MR) is 203 cm³/mol. The lowest BCUT2D eigenvalue weighted by atomic mass is 9.96. The van der Waals surface area contributed by atoms with Gasteiger partial charge in [0.25, 0.3) is 0 Å². The summed E-state index contributed by atoms with van der Waals surface area (Å²) in [6, 6.07) is 58.0. The number of rotatable bonds is 11. The molecule has 0 saturated heterocycles. The maximum absolute atomic E-state index is 13.8. The number of benzene rings is 6. The molecule has 50 heavy (non-hydrogen) atoms. The van der Waals surface area contributed by atoms with Gasteiger partial charge in [0.15, 0.2) is 0 Å². The number of para-hydroxylation sites is 1. The van der Waals surface area contributed by atoms with Crippen molar-refractivity contribution in [2.24, 2.45) is 4.99 Å². The van der Waals surface area contributed by atoms with Crippen molar-refractivity contribution in [2.45, 2.75) is 32.1 Å². The Morgan fingerprint density at radius 2 is 1.12 bits per heavy atom. The number of hydrazine groups is 1. The average Bonchev–Trinajstić information content (AvgIpc) is 3.18. The summed E-state index contributed by atoms with van der Waals surface area (Å²) < 4.78 is 0. The van der Waals surface area contributed by atoms with Gasteiger partial charge in [-0.2, -0.15) is 0 Å². The third-order valence-corrected chi connectivity index (χ3v) is 9.14. The van der Waals surface area contributed by atoms with E-state index >= 15 is 0 Å². The molecule has 0 spiro atoms. The van der Waals surface area contributed by atoms with Crippen molar-refractivity contribution in [3.8, 4) is 11.1 Å². The highest BCUT2D eigenvalue weighted by Crippen LogP contribution is 2.41. The molecule has 248 valence electrons. The standard InChI is InChI=1S/C44H41N5O/c1-47(48(32-35-18-8-3-9-19-35)33-36-20-10-4-11-21-36)44-46-41-25-15-14-24-40(41)42(30-43(50)45-31-34-16-6-2-7-17-34)49(44)39-28-26-38(27-29-39)37-22-12-5-13-23-37/h2-29,42H,30-33H2,1H3,(H,45,50). The topological polar surface area (TPSA) is 51.2 Å². The second-order valence-electron chi connectivity index (χ2n) is 12.6. The van der Waals surface area contributed by atoms with Gasteiger partial charge in [-0.3, -0.25) is 9.80 Å². The van der Waals surface area contributed by atoms with E-state index in [2.05, 4.69) is 130 Å². The SMILES string of the molecule is CN(C1=Nc2ccccc2C(CC(=O)NCc2ccccc2)N1c1ccc(-c2ccccc2)cc1)N(Cc1ccccc1)Cc1ccccc1. The number of aliphatic imine (C=N–C) groups is 1. The van der Waals surface area contributed by atoms with Crippen LogP contribution in [0.15, 0.2) is 175 Å². The molecule has 6 nitrogen and oxygen atoms in total. The zero-order valence-electron chi connectivity index (χ0n) is 28.3. The highest BCUT2D eigenvalue weighted by molar-refractivity contribution is 6.01. The van der Waals surface area contributed by atoms with Gasteiger partial charge in [-0.1, -0.05) is 152 Å². The van der Waals surface area contributed by atoms with Crippen LogP contribution in [-0.4, -0.2) is 28.9 Å². The summed E-state index contributed by atoms with van der Waals surface area (Å²) in [5.41, 5.74) is 8.59. The molecule has 6 heteroatoms. The van der Waals surface area contributed by atoms with Crippen LogP contribution in [0.3, 0.4) is 0 Å². The number of nitrogens with zero attached hydrogens (tertiary/aromatic N) is 4. The van der Waals surface area contributed by atoms with Gasteiger partial charge >= 0.3 is 0 Å². The number of nitrogens with one attached hydrogen (secondary N) is 1. The number of guanidine groups is 1. The quantitative estimate of drug-likeness (QED) is 0.142. The smallest absolute Gasteiger partial charge is 0.222 e. The molecule has 1 amide bonds. The molecule has 6 aromatic carbocycles. The number of amides is 1. The van der Waals surface area contributed by atoms with E-state index in [1.54, 1.807) is 0 Å². The highest BCUT2D eigenvalue weighted by Gasteiger charge is 2.36. The summed E-state index contributed by atoms with van der Waals surface area (Å²) in [6.45, 7) is 1.83. The van der Waals surface area contributed by atoms with Crippen LogP contribution in [-0.2, 0) is 24.4 Å². The van der Waals surface area contributed by atoms with E-state index in [0.29, 0.717) is 19.6 Å². The summed E-state index contributed by atoms with van der Waals surface area (Å²) in [5, 5.41) is 7.66. The van der Waals surface area contributed by atoms with Crippen LogP contribution in [0, 0.1) is 0 Å². The van der Waals surface area contributed by atoms with Crippen LogP contribution in [0.4, 0.5) is 11.4 Å². The lowest BCUT2D eigenvalue weighted by molar-refractivity contribution is -0.121. The molecule has 0 radical (unpaired) electrons. The summed E-state index contributed by atoms with van der Waals surface area (Å²) in [4.78, 5) is 21.4. The number of hydrogen-bond donors (Lipinski definition) is 1. The fourth-order valence-electron chi connectivity index (χ4n) is 6.51. The minimum atomic E-state index is -0.296. The first-order chi connectivity index (χ1) is 24.6. The van der Waals surface area contributed by atoms with Crippen LogP contribution in [0.1, 0.15) is 34.7 Å². The second-order valence-corrected chi connectivity index (χ2v) is 12.6. The maximum atomic E-state index is 13.8. The van der Waals surface area contributed by atoms with E-state index in [4.69, 9.17) is 4.99 Å². The molecule has 6 aromatic rings. The zero-order valence-corrected chi connectivity index (χ0v) is 28.3. The first kappa shape index (κ1) is 32.6. The third-order valence-electron chi connectivity index (χ3n) is 9.14. The summed E-state index contributed by atoms with van der Waals surface area (Å²) in [5.74, 6) is 0.734. The molecule has 0 fully saturated rings. The predicted octanol–water partition coefficient (Wildman–Crippen LogP) is 9.16. The fraction of sp³-hybridized carbons (Fsp3) is 0.136. The second kappa shape index (κ2) is 15.5. The molecule has 7 rings (SSSR count). The van der Waals surface area contributed by atoms with Crippen molar-refractivity contribution in [3.63, 3.8) is 0 Å². The Kier molecular flexibility index (Phi) is 10.1. The van der Waals surface area contributed by atoms with Crippen molar-refractivity contribution >= 4 is 23.2 Å². The van der Waals surface area contributed by atoms with Gasteiger partial charge in [0, 0.05) is 37.9 Å². The normalized spacial score (nSPS) is 13.8. The molecule has 1 aliphatic heterocycles. The summed E-state index contributed by atoms with van der Waals surface area (Å²) >= 11 is 0. The van der Waals surface area contributed by atoms with Crippen molar-refractivity contribution in [2.75, 3.05) is 11.9 Å². The van der Waals surface area contributed by atoms with E-state index in [0.717, 1.165) is 39.6 Å². The molecule has 0 aromatic heterocycles. The van der Waals surface area contributed by atoms with E-state index in [1.165, 1.54) is 11.1 Å². The molecule has 1 heterocycles. The Hall–Kier alpha value is -5.98. The van der Waals surface area contributed by atoms with E-state index < -0.39 is 0 Å². The highest BCUT2D eigenvalue weighted by atomic mass is 16.1. The number of carbonyl (C=O) groups excluding carboxylic acids is 1. The molecule has 1 unspecified atom stereocenters. The maximum Gasteiger partial charge on any atom is 0.222 e. The van der Waals surface area contributed by atoms with Gasteiger partial charge in [-0.15, -0.1) is 0 Å². The Labute approximate surface area is 294 Å². The third kappa shape index (κ3) is 7.67. The molecular formula is C44H41N5O. The number of hydrogen-bond acceptors (Lipinski definition) is 5. The minimum Gasteiger partial charge on any atom is -0.352 e. The van der Waals surface area contributed by atoms with Crippen LogP contribution >= 0.6 is 0 Å². The Balaban J connectivity index is 1.28. The summed E-state index contributed by atoms with van der Waals surface area (Å²) in [6.07, 6.45) is 0.258. The van der Waals surface area contributed by atoms with Gasteiger partial charge in [-0.25, -0.2) is 10.0 Å². The van der Waals surface area contributed by atoms with Crippen LogP contribution in [0.2, 0.25) is 0 Å². The largest absolute Gasteiger partial charge is 0.352 e. The Bertz CT molecular complexity index is 1970. The fourth-order valence-corrected chi connectivity index (χ4v) is 6.51. The first-order valence-electron chi connectivity index (χ1n) is 17.1. The summed E-state index contributed by atoms with van der Waals surface area (Å²) in [7, 11) is 2.08. The van der Waals surface area contributed by atoms with Crippen molar-refractivity contribution < 1.29 is 4.79 Å².